The van der Waals surface area contributed by atoms with Crippen LogP contribution in [0.2, 0.25) is 5.02 Å². The number of nitrogens with zero attached hydrogens (tertiary/aromatic N) is 1. The summed E-state index contributed by atoms with van der Waals surface area (Å²) in [4.78, 5) is 15.2. The first kappa shape index (κ1) is 16.8. The normalized spacial score (nSPS) is 19.1. The van der Waals surface area contributed by atoms with Gasteiger partial charge in [0.1, 0.15) is 4.88 Å². The van der Waals surface area contributed by atoms with Crippen molar-refractivity contribution in [3.8, 4) is 0 Å². The minimum atomic E-state index is 0. The molecule has 1 aliphatic heterocycles. The quantitative estimate of drug-likeness (QED) is 0.926. The first-order valence-electron chi connectivity index (χ1n) is 6.39. The Kier molecular flexibility index (Phi) is 6.60. The molecule has 0 spiro atoms. The van der Waals surface area contributed by atoms with E-state index in [0.717, 1.165) is 31.4 Å². The van der Waals surface area contributed by atoms with E-state index in [-0.39, 0.29) is 24.4 Å². The fourth-order valence-electron chi connectivity index (χ4n) is 2.47. The third-order valence-electron chi connectivity index (χ3n) is 3.48. The Morgan fingerprint density at radius 3 is 2.89 bits per heavy atom. The molecule has 0 aromatic carbocycles. The van der Waals surface area contributed by atoms with Crippen molar-refractivity contribution < 1.29 is 4.79 Å². The Morgan fingerprint density at radius 2 is 2.32 bits per heavy atom. The number of carbonyl (C=O) groups is 1. The van der Waals surface area contributed by atoms with Crippen LogP contribution in [0.4, 0.5) is 0 Å². The summed E-state index contributed by atoms with van der Waals surface area (Å²) in [5.74, 6) is 0.0799. The summed E-state index contributed by atoms with van der Waals surface area (Å²) in [5, 5.41) is 2.55. The Labute approximate surface area is 129 Å². The number of aryl methyl sites for hydroxylation is 1. The summed E-state index contributed by atoms with van der Waals surface area (Å²) < 4.78 is 0. The molecule has 1 fully saturated rings. The van der Waals surface area contributed by atoms with Gasteiger partial charge in [0.15, 0.2) is 0 Å². The van der Waals surface area contributed by atoms with Gasteiger partial charge in [0.25, 0.3) is 5.91 Å². The molecule has 0 bridgehead atoms. The van der Waals surface area contributed by atoms with Gasteiger partial charge >= 0.3 is 0 Å². The van der Waals surface area contributed by atoms with E-state index in [1.165, 1.54) is 17.8 Å². The second kappa shape index (κ2) is 7.48. The highest BCUT2D eigenvalue weighted by Crippen LogP contribution is 2.30. The number of likely N-dealkylation sites (tertiary alicyclic amines) is 1. The molecule has 1 aliphatic rings. The number of nitrogens with two attached hydrogens (primary N) is 1. The second-order valence-electron chi connectivity index (χ2n) is 4.79. The average Bonchev–Trinajstić information content (AvgIpc) is 2.70. The van der Waals surface area contributed by atoms with Crippen molar-refractivity contribution >= 4 is 41.3 Å². The van der Waals surface area contributed by atoms with Gasteiger partial charge in [-0.1, -0.05) is 11.6 Å². The largest absolute Gasteiger partial charge is 0.335 e. The van der Waals surface area contributed by atoms with Gasteiger partial charge in [-0.25, -0.2) is 0 Å². The van der Waals surface area contributed by atoms with Gasteiger partial charge in [0.05, 0.1) is 5.02 Å². The maximum atomic E-state index is 12.5. The fraction of sp³-hybridized carbons (Fsp3) is 0.615. The van der Waals surface area contributed by atoms with E-state index < -0.39 is 0 Å². The minimum absolute atomic E-state index is 0. The number of piperidine rings is 1. The fourth-order valence-corrected chi connectivity index (χ4v) is 3.69. The third kappa shape index (κ3) is 3.63. The Hall–Kier alpha value is -0.290. The average molecular weight is 323 g/mol. The van der Waals surface area contributed by atoms with Gasteiger partial charge in [-0.05, 0) is 50.1 Å². The van der Waals surface area contributed by atoms with E-state index in [0.29, 0.717) is 16.4 Å². The number of amides is 1. The minimum Gasteiger partial charge on any atom is -0.335 e. The van der Waals surface area contributed by atoms with Crippen molar-refractivity contribution in [2.24, 2.45) is 5.73 Å². The summed E-state index contributed by atoms with van der Waals surface area (Å²) in [6.07, 6.45) is 4.21. The zero-order valence-electron chi connectivity index (χ0n) is 11.0. The lowest BCUT2D eigenvalue weighted by Gasteiger charge is -2.35. The van der Waals surface area contributed by atoms with Crippen molar-refractivity contribution in [2.75, 3.05) is 13.1 Å². The Morgan fingerprint density at radius 1 is 1.58 bits per heavy atom. The lowest BCUT2D eigenvalue weighted by Crippen LogP contribution is -2.44. The van der Waals surface area contributed by atoms with Gasteiger partial charge in [0.2, 0.25) is 0 Å². The molecule has 2 heterocycles. The predicted molar refractivity (Wildman–Crippen MR) is 83.7 cm³/mol. The molecule has 108 valence electrons. The molecule has 0 saturated carbocycles. The number of hydrogen-bond donors (Lipinski definition) is 1. The van der Waals surface area contributed by atoms with Crippen LogP contribution in [0.15, 0.2) is 5.38 Å². The van der Waals surface area contributed by atoms with Crippen LogP contribution < -0.4 is 5.73 Å². The smallest absolute Gasteiger partial charge is 0.265 e. The van der Waals surface area contributed by atoms with Crippen LogP contribution in [0.5, 0.6) is 0 Å². The van der Waals surface area contributed by atoms with E-state index in [1.54, 1.807) is 0 Å². The molecule has 3 nitrogen and oxygen atoms in total. The van der Waals surface area contributed by atoms with Crippen LogP contribution in [0.25, 0.3) is 0 Å². The molecule has 0 aliphatic carbocycles. The molecule has 2 rings (SSSR count). The SMILES string of the molecule is Cc1csc(C(=O)N2CCCCC2CCN)c1Cl.Cl. The van der Waals surface area contributed by atoms with E-state index in [4.69, 9.17) is 17.3 Å². The molecule has 0 radical (unpaired) electrons. The Bertz CT molecular complexity index is 434. The maximum absolute atomic E-state index is 12.5. The number of carbonyl (C=O) groups excluding carboxylic acids is 1. The molecule has 1 aromatic heterocycles. The molecule has 2 N–H and O–H groups in total. The molecule has 1 amide bonds. The molecule has 1 saturated heterocycles. The lowest BCUT2D eigenvalue weighted by atomic mass is 9.99. The zero-order valence-corrected chi connectivity index (χ0v) is 13.4. The van der Waals surface area contributed by atoms with Crippen molar-refractivity contribution in [2.45, 2.75) is 38.6 Å². The van der Waals surface area contributed by atoms with Gasteiger partial charge in [-0.15, -0.1) is 23.7 Å². The van der Waals surface area contributed by atoms with E-state index in [1.807, 2.05) is 17.2 Å². The van der Waals surface area contributed by atoms with Crippen molar-refractivity contribution in [3.63, 3.8) is 0 Å². The second-order valence-corrected chi connectivity index (χ2v) is 6.04. The van der Waals surface area contributed by atoms with Crippen LogP contribution >= 0.6 is 35.3 Å². The molecular weight excluding hydrogens is 303 g/mol. The number of hydrogen-bond acceptors (Lipinski definition) is 3. The molecule has 1 atom stereocenters. The van der Waals surface area contributed by atoms with Gasteiger partial charge in [-0.2, -0.15) is 0 Å². The molecule has 19 heavy (non-hydrogen) atoms. The topological polar surface area (TPSA) is 46.3 Å². The van der Waals surface area contributed by atoms with E-state index >= 15 is 0 Å². The lowest BCUT2D eigenvalue weighted by molar-refractivity contribution is 0.0610. The van der Waals surface area contributed by atoms with Crippen LogP contribution in [0, 0.1) is 6.92 Å². The molecular formula is C13H20Cl2N2OS. The highest BCUT2D eigenvalue weighted by Gasteiger charge is 2.29. The summed E-state index contributed by atoms with van der Waals surface area (Å²) in [5.41, 5.74) is 6.62. The van der Waals surface area contributed by atoms with Gasteiger partial charge in [-0.3, -0.25) is 4.79 Å². The molecule has 6 heteroatoms. The predicted octanol–water partition coefficient (Wildman–Crippen LogP) is 3.48. The maximum Gasteiger partial charge on any atom is 0.265 e. The van der Waals surface area contributed by atoms with Gasteiger partial charge in [0, 0.05) is 12.6 Å². The van der Waals surface area contributed by atoms with Crippen LogP contribution in [0.1, 0.15) is 40.9 Å². The van der Waals surface area contributed by atoms with Crippen LogP contribution in [-0.4, -0.2) is 29.9 Å². The van der Waals surface area contributed by atoms with Crippen molar-refractivity contribution in [1.82, 2.24) is 4.90 Å². The third-order valence-corrected chi connectivity index (χ3v) is 5.17. The van der Waals surface area contributed by atoms with Crippen LogP contribution in [-0.2, 0) is 0 Å². The first-order chi connectivity index (χ1) is 8.65. The van der Waals surface area contributed by atoms with Crippen molar-refractivity contribution in [3.05, 3.63) is 20.8 Å². The zero-order chi connectivity index (χ0) is 13.1. The van der Waals surface area contributed by atoms with E-state index in [2.05, 4.69) is 0 Å². The summed E-state index contributed by atoms with van der Waals surface area (Å²) in [6.45, 7) is 3.39. The number of halogens is 2. The summed E-state index contributed by atoms with van der Waals surface area (Å²) in [7, 11) is 0. The monoisotopic (exact) mass is 322 g/mol. The number of thiophene rings is 1. The summed E-state index contributed by atoms with van der Waals surface area (Å²) in [6, 6.07) is 0.287. The highest BCUT2D eigenvalue weighted by atomic mass is 35.5. The van der Waals surface area contributed by atoms with Crippen LogP contribution in [0.3, 0.4) is 0 Å². The highest BCUT2D eigenvalue weighted by molar-refractivity contribution is 7.13. The summed E-state index contributed by atoms with van der Waals surface area (Å²) >= 11 is 7.63. The van der Waals surface area contributed by atoms with E-state index in [9.17, 15) is 4.79 Å². The Balaban J connectivity index is 0.00000180. The standard InChI is InChI=1S/C13H19ClN2OS.ClH/c1-9-8-18-12(11(9)14)13(17)16-7-3-2-4-10(16)5-6-15;/h8,10H,2-7,15H2,1H3;1H. The first-order valence-corrected chi connectivity index (χ1v) is 7.65. The van der Waals surface area contributed by atoms with Crippen molar-refractivity contribution in [1.29, 1.82) is 0 Å². The number of rotatable bonds is 3. The molecule has 1 unspecified atom stereocenters. The van der Waals surface area contributed by atoms with Gasteiger partial charge < -0.3 is 10.6 Å². The molecule has 1 aromatic rings.